The Labute approximate surface area is 209 Å². The van der Waals surface area contributed by atoms with Gasteiger partial charge in [0.2, 0.25) is 0 Å². The zero-order chi connectivity index (χ0) is 24.2. The molecule has 1 aliphatic carbocycles. The van der Waals surface area contributed by atoms with E-state index in [1.54, 1.807) is 7.11 Å². The highest BCUT2D eigenvalue weighted by Gasteiger charge is 2.25. The highest BCUT2D eigenvalue weighted by molar-refractivity contribution is 7.17. The first-order chi connectivity index (χ1) is 17.1. The number of nitrogens with one attached hydrogen (secondary N) is 1. The summed E-state index contributed by atoms with van der Waals surface area (Å²) in [4.78, 5) is 24.2. The summed E-state index contributed by atoms with van der Waals surface area (Å²) in [5.41, 5.74) is 2.49. The third kappa shape index (κ3) is 5.17. The molecule has 0 spiro atoms. The highest BCUT2D eigenvalue weighted by Crippen LogP contribution is 2.36. The van der Waals surface area contributed by atoms with E-state index >= 15 is 0 Å². The number of aromatic amines is 1. The fraction of sp³-hybridized carbons (Fsp3) is 0.357. The van der Waals surface area contributed by atoms with Gasteiger partial charge in [-0.05, 0) is 24.5 Å². The molecule has 6 nitrogen and oxygen atoms in total. The van der Waals surface area contributed by atoms with Gasteiger partial charge in [-0.2, -0.15) is 0 Å². The molecule has 1 saturated carbocycles. The number of hydrogen-bond donors (Lipinski definition) is 2. The zero-order valence-electron chi connectivity index (χ0n) is 19.9. The SMILES string of the molecule is COc1ccccc1-c1csc2nc(CN(CC(O)c3ccccc3)C3CCCCC3)[nH]c(=O)c12. The molecule has 4 aromatic rings. The molecular formula is C28H31N3O3S. The Morgan fingerprint density at radius 2 is 1.83 bits per heavy atom. The van der Waals surface area contributed by atoms with Crippen LogP contribution in [-0.2, 0) is 6.54 Å². The van der Waals surface area contributed by atoms with E-state index in [2.05, 4.69) is 9.88 Å². The summed E-state index contributed by atoms with van der Waals surface area (Å²) in [6.07, 6.45) is 5.26. The van der Waals surface area contributed by atoms with Crippen molar-refractivity contribution in [2.75, 3.05) is 13.7 Å². The summed E-state index contributed by atoms with van der Waals surface area (Å²) in [5, 5.41) is 13.5. The predicted molar refractivity (Wildman–Crippen MR) is 141 cm³/mol. The second-order valence-electron chi connectivity index (χ2n) is 9.19. The number of aliphatic hydroxyl groups is 1. The maximum atomic E-state index is 13.3. The van der Waals surface area contributed by atoms with Crippen LogP contribution in [0.1, 0.15) is 49.6 Å². The normalized spacial score (nSPS) is 15.5. The van der Waals surface area contributed by atoms with Crippen LogP contribution in [0.2, 0.25) is 0 Å². The lowest BCUT2D eigenvalue weighted by Gasteiger charge is -2.35. The van der Waals surface area contributed by atoms with Gasteiger partial charge in [0.15, 0.2) is 0 Å². The van der Waals surface area contributed by atoms with Gasteiger partial charge in [0.05, 0.1) is 25.1 Å². The lowest BCUT2D eigenvalue weighted by Crippen LogP contribution is -2.39. The molecule has 2 N–H and O–H groups in total. The largest absolute Gasteiger partial charge is 0.496 e. The Kier molecular flexibility index (Phi) is 7.27. The molecule has 1 unspecified atom stereocenters. The van der Waals surface area contributed by atoms with Crippen molar-refractivity contribution in [1.29, 1.82) is 0 Å². The van der Waals surface area contributed by atoms with Crippen LogP contribution in [0, 0.1) is 0 Å². The maximum absolute atomic E-state index is 13.3. The van der Waals surface area contributed by atoms with Gasteiger partial charge in [0, 0.05) is 29.1 Å². The van der Waals surface area contributed by atoms with E-state index in [-0.39, 0.29) is 5.56 Å². The van der Waals surface area contributed by atoms with Crippen LogP contribution in [0.4, 0.5) is 0 Å². The summed E-state index contributed by atoms with van der Waals surface area (Å²) in [5.74, 6) is 1.37. The minimum absolute atomic E-state index is 0.139. The fourth-order valence-electron chi connectivity index (χ4n) is 5.12. The number of aromatic nitrogens is 2. The van der Waals surface area contributed by atoms with Gasteiger partial charge in [-0.1, -0.05) is 67.8 Å². The average molecular weight is 490 g/mol. The summed E-state index contributed by atoms with van der Waals surface area (Å²) >= 11 is 1.48. The van der Waals surface area contributed by atoms with Gasteiger partial charge in [0.1, 0.15) is 16.4 Å². The van der Waals surface area contributed by atoms with Gasteiger partial charge in [-0.25, -0.2) is 4.98 Å². The first-order valence-electron chi connectivity index (χ1n) is 12.2. The van der Waals surface area contributed by atoms with E-state index in [1.807, 2.05) is 60.0 Å². The average Bonchev–Trinajstić information content (AvgIpc) is 3.33. The number of para-hydroxylation sites is 1. The summed E-state index contributed by atoms with van der Waals surface area (Å²) < 4.78 is 5.52. The highest BCUT2D eigenvalue weighted by atomic mass is 32.1. The number of H-pyrrole nitrogens is 1. The number of aliphatic hydroxyl groups excluding tert-OH is 1. The van der Waals surface area contributed by atoms with E-state index in [0.29, 0.717) is 30.3 Å². The molecule has 0 aliphatic heterocycles. The predicted octanol–water partition coefficient (Wildman–Crippen LogP) is 5.53. The molecule has 0 amide bonds. The van der Waals surface area contributed by atoms with Crippen molar-refractivity contribution in [2.45, 2.75) is 50.8 Å². The summed E-state index contributed by atoms with van der Waals surface area (Å²) in [7, 11) is 1.64. The molecule has 5 rings (SSSR count). The fourth-order valence-corrected chi connectivity index (χ4v) is 6.08. The number of benzene rings is 2. The van der Waals surface area contributed by atoms with Crippen molar-refractivity contribution >= 4 is 21.6 Å². The quantitative estimate of drug-likeness (QED) is 0.340. The topological polar surface area (TPSA) is 78.5 Å². The van der Waals surface area contributed by atoms with Gasteiger partial charge in [-0.15, -0.1) is 11.3 Å². The van der Waals surface area contributed by atoms with Crippen LogP contribution in [0.25, 0.3) is 21.3 Å². The van der Waals surface area contributed by atoms with Gasteiger partial charge in [-0.3, -0.25) is 9.69 Å². The molecule has 7 heteroatoms. The minimum atomic E-state index is -0.590. The van der Waals surface area contributed by atoms with Crippen LogP contribution in [0.15, 0.2) is 64.8 Å². The molecule has 0 saturated heterocycles. The number of nitrogens with zero attached hydrogens (tertiary/aromatic N) is 2. The van der Waals surface area contributed by atoms with Crippen molar-refractivity contribution in [2.24, 2.45) is 0 Å². The molecule has 182 valence electrons. The van der Waals surface area contributed by atoms with Crippen molar-refractivity contribution < 1.29 is 9.84 Å². The standard InChI is InChI=1S/C28H31N3O3S/c1-34-24-15-9-8-14-21(24)22-18-35-28-26(22)27(33)29-25(30-28)17-31(20-12-6-3-7-13-20)16-23(32)19-10-4-2-5-11-19/h2,4-5,8-11,14-15,18,20,23,32H,3,6-7,12-13,16-17H2,1H3,(H,29,30,33). The number of methoxy groups -OCH3 is 1. The number of ether oxygens (including phenoxy) is 1. The molecule has 35 heavy (non-hydrogen) atoms. The third-order valence-corrected chi connectivity index (χ3v) is 7.80. The van der Waals surface area contributed by atoms with Crippen molar-refractivity contribution in [3.05, 3.63) is 81.7 Å². The van der Waals surface area contributed by atoms with E-state index in [0.717, 1.165) is 40.1 Å². The molecule has 1 atom stereocenters. The lowest BCUT2D eigenvalue weighted by molar-refractivity contribution is 0.0657. The van der Waals surface area contributed by atoms with Gasteiger partial charge >= 0.3 is 0 Å². The third-order valence-electron chi connectivity index (χ3n) is 6.93. The van der Waals surface area contributed by atoms with Crippen molar-refractivity contribution in [3.8, 4) is 16.9 Å². The molecule has 1 fully saturated rings. The molecule has 2 heterocycles. The van der Waals surface area contributed by atoms with E-state index in [9.17, 15) is 9.90 Å². The number of rotatable bonds is 8. The molecule has 2 aromatic carbocycles. The zero-order valence-corrected chi connectivity index (χ0v) is 20.8. The lowest BCUT2D eigenvalue weighted by atomic mass is 9.93. The van der Waals surface area contributed by atoms with E-state index in [4.69, 9.17) is 9.72 Å². The Morgan fingerprint density at radius 3 is 2.60 bits per heavy atom. The first-order valence-corrected chi connectivity index (χ1v) is 13.1. The van der Waals surface area contributed by atoms with E-state index < -0.39 is 6.10 Å². The number of fused-ring (bicyclic) bond motifs is 1. The van der Waals surface area contributed by atoms with Crippen LogP contribution in [0.5, 0.6) is 5.75 Å². The first kappa shape index (κ1) is 23.7. The minimum Gasteiger partial charge on any atom is -0.496 e. The van der Waals surface area contributed by atoms with Crippen LogP contribution < -0.4 is 10.3 Å². The monoisotopic (exact) mass is 489 g/mol. The van der Waals surface area contributed by atoms with Crippen molar-refractivity contribution in [1.82, 2.24) is 14.9 Å². The van der Waals surface area contributed by atoms with Gasteiger partial charge < -0.3 is 14.8 Å². The number of thiophene rings is 1. The summed E-state index contributed by atoms with van der Waals surface area (Å²) in [6, 6.07) is 17.9. The second-order valence-corrected chi connectivity index (χ2v) is 10.0. The van der Waals surface area contributed by atoms with Crippen LogP contribution >= 0.6 is 11.3 Å². The molecule has 0 bridgehead atoms. The number of hydrogen-bond acceptors (Lipinski definition) is 6. The molecule has 2 aromatic heterocycles. The molecule has 1 aliphatic rings. The van der Waals surface area contributed by atoms with Gasteiger partial charge in [0.25, 0.3) is 5.56 Å². The smallest absolute Gasteiger partial charge is 0.260 e. The Balaban J connectivity index is 1.45. The van der Waals surface area contributed by atoms with E-state index in [1.165, 1.54) is 30.6 Å². The Morgan fingerprint density at radius 1 is 1.09 bits per heavy atom. The Hall–Kier alpha value is -3.00. The second kappa shape index (κ2) is 10.7. The molecule has 0 radical (unpaired) electrons. The summed E-state index contributed by atoms with van der Waals surface area (Å²) in [6.45, 7) is 1.01. The van der Waals surface area contributed by atoms with Crippen LogP contribution in [0.3, 0.4) is 0 Å². The van der Waals surface area contributed by atoms with Crippen molar-refractivity contribution in [3.63, 3.8) is 0 Å². The maximum Gasteiger partial charge on any atom is 0.260 e. The molecular weight excluding hydrogens is 458 g/mol. The Bertz CT molecular complexity index is 1330. The van der Waals surface area contributed by atoms with Crippen LogP contribution in [-0.4, -0.2) is 39.7 Å².